The maximum atomic E-state index is 14.1. The number of nitrogens with zero attached hydrogens (tertiary/aromatic N) is 5. The van der Waals surface area contributed by atoms with E-state index in [1.54, 1.807) is 13.2 Å². The van der Waals surface area contributed by atoms with Gasteiger partial charge >= 0.3 is 6.18 Å². The molecule has 0 fully saturated rings. The summed E-state index contributed by atoms with van der Waals surface area (Å²) in [7, 11) is 1.78. The van der Waals surface area contributed by atoms with Crippen molar-refractivity contribution in [2.24, 2.45) is 0 Å². The van der Waals surface area contributed by atoms with E-state index in [2.05, 4.69) is 25.3 Å². The van der Waals surface area contributed by atoms with Gasteiger partial charge in [0.15, 0.2) is 5.75 Å². The van der Waals surface area contributed by atoms with Crippen LogP contribution < -0.4 is 26.4 Å². The highest BCUT2D eigenvalue weighted by Crippen LogP contribution is 2.48. The Hall–Kier alpha value is -4.06. The molecular weight excluding hydrogens is 521 g/mol. The molecule has 198 valence electrons. The maximum Gasteiger partial charge on any atom is 0.418 e. The van der Waals surface area contributed by atoms with E-state index in [0.717, 1.165) is 11.3 Å². The van der Waals surface area contributed by atoms with Gasteiger partial charge in [0.2, 0.25) is 0 Å². The molecule has 0 amide bonds. The molecule has 0 saturated heterocycles. The molecule has 5 N–H and O–H groups in total. The minimum absolute atomic E-state index is 0.0122. The highest BCUT2D eigenvalue weighted by Gasteiger charge is 2.38. The Morgan fingerprint density at radius 2 is 1.92 bits per heavy atom. The van der Waals surface area contributed by atoms with Gasteiger partial charge in [0, 0.05) is 18.2 Å². The lowest BCUT2D eigenvalue weighted by Gasteiger charge is -2.30. The Morgan fingerprint density at radius 3 is 2.63 bits per heavy atom. The molecule has 0 radical (unpaired) electrons. The third-order valence-corrected chi connectivity index (χ3v) is 6.96. The minimum atomic E-state index is -4.69. The zero-order chi connectivity index (χ0) is 27.4. The number of anilines is 4. The normalized spacial score (nSPS) is 14.2. The first kappa shape index (κ1) is 25.6. The van der Waals surface area contributed by atoms with E-state index in [1.165, 1.54) is 25.4 Å². The number of rotatable bonds is 4. The first-order chi connectivity index (χ1) is 18.0. The van der Waals surface area contributed by atoms with Gasteiger partial charge in [-0.3, -0.25) is 0 Å². The highest BCUT2D eigenvalue weighted by molar-refractivity contribution is 6.36. The summed E-state index contributed by atoms with van der Waals surface area (Å²) in [4.78, 5) is 19.1. The van der Waals surface area contributed by atoms with Crippen LogP contribution in [0.2, 0.25) is 5.02 Å². The fraction of sp³-hybridized carbons (Fsp3) is 0.280. The number of alkyl halides is 3. The Labute approximate surface area is 221 Å². The third kappa shape index (κ3) is 4.24. The second-order valence-corrected chi connectivity index (χ2v) is 9.29. The molecule has 0 bridgehead atoms. The van der Waals surface area contributed by atoms with Gasteiger partial charge in [0.25, 0.3) is 0 Å². The number of aryl methyl sites for hydroxylation is 1. The van der Waals surface area contributed by atoms with Gasteiger partial charge in [0.05, 0.1) is 51.7 Å². The van der Waals surface area contributed by atoms with Crippen molar-refractivity contribution in [2.75, 3.05) is 41.9 Å². The number of ether oxygens (including phenoxy) is 1. The Bertz CT molecular complexity index is 1560. The van der Waals surface area contributed by atoms with Gasteiger partial charge in [-0.25, -0.2) is 19.9 Å². The summed E-state index contributed by atoms with van der Waals surface area (Å²) in [5.41, 5.74) is 12.6. The summed E-state index contributed by atoms with van der Waals surface area (Å²) in [5.74, 6) is 0.982. The predicted octanol–water partition coefficient (Wildman–Crippen LogP) is 5.23. The molecule has 0 spiro atoms. The zero-order valence-corrected chi connectivity index (χ0v) is 21.4. The molecule has 38 heavy (non-hydrogen) atoms. The van der Waals surface area contributed by atoms with Crippen LogP contribution in [0.4, 0.5) is 36.3 Å². The lowest BCUT2D eigenvalue weighted by molar-refractivity contribution is -0.137. The van der Waals surface area contributed by atoms with Crippen LogP contribution in [-0.2, 0) is 6.18 Å². The van der Waals surface area contributed by atoms with Crippen molar-refractivity contribution in [3.63, 3.8) is 0 Å². The smallest absolute Gasteiger partial charge is 0.418 e. The summed E-state index contributed by atoms with van der Waals surface area (Å²) in [6.45, 7) is 3.85. The number of halogens is 4. The molecular formula is C25H24ClF3N8O. The molecule has 4 heterocycles. The number of nitrogens with two attached hydrogens (primary N) is 2. The standard InChI is InChI=1S/C25H24ClF3N8O/c1-11-6-17(30)36-21(19(11)25(27,28)29)15-8-16-18-22(20(15)26)38-5-4-37(24(18)35-10-34-16)12(2)14-7-13(32-3)9-33-23(14)31/h6-10,12,32H,4-5H2,1-3H3,(H2,30,36)(H2,31,33)/t12-/m1/s1. The number of nitrogen functional groups attached to an aromatic ring is 2. The van der Waals surface area contributed by atoms with Gasteiger partial charge in [0.1, 0.15) is 30.4 Å². The van der Waals surface area contributed by atoms with Crippen molar-refractivity contribution in [3.05, 3.63) is 52.4 Å². The van der Waals surface area contributed by atoms with Crippen LogP contribution in [0.15, 0.2) is 30.7 Å². The molecule has 0 unspecified atom stereocenters. The molecule has 0 saturated carbocycles. The van der Waals surface area contributed by atoms with Gasteiger partial charge in [-0.2, -0.15) is 13.2 Å². The average Bonchev–Trinajstić information content (AvgIpc) is 3.05. The molecule has 1 atom stereocenters. The van der Waals surface area contributed by atoms with Crippen molar-refractivity contribution in [1.29, 1.82) is 0 Å². The molecule has 1 aliphatic rings. The number of aromatic nitrogens is 4. The summed E-state index contributed by atoms with van der Waals surface area (Å²) in [6, 6.07) is 4.26. The van der Waals surface area contributed by atoms with Crippen LogP contribution in [0, 0.1) is 6.92 Å². The second kappa shape index (κ2) is 9.35. The average molecular weight is 545 g/mol. The third-order valence-electron chi connectivity index (χ3n) is 6.58. The molecule has 3 aromatic heterocycles. The number of pyridine rings is 2. The van der Waals surface area contributed by atoms with Gasteiger partial charge in [-0.05, 0) is 37.6 Å². The van der Waals surface area contributed by atoms with Crippen LogP contribution >= 0.6 is 11.6 Å². The van der Waals surface area contributed by atoms with Crippen molar-refractivity contribution in [2.45, 2.75) is 26.1 Å². The monoisotopic (exact) mass is 544 g/mol. The summed E-state index contributed by atoms with van der Waals surface area (Å²) >= 11 is 6.75. The number of hydrogen-bond donors (Lipinski definition) is 3. The van der Waals surface area contributed by atoms with Gasteiger partial charge in [-0.15, -0.1) is 0 Å². The van der Waals surface area contributed by atoms with E-state index < -0.39 is 11.7 Å². The van der Waals surface area contributed by atoms with Crippen LogP contribution in [0.5, 0.6) is 5.75 Å². The van der Waals surface area contributed by atoms with Gasteiger partial charge in [-0.1, -0.05) is 11.6 Å². The molecule has 0 aliphatic carbocycles. The Kier molecular flexibility index (Phi) is 6.30. The molecule has 9 nitrogen and oxygen atoms in total. The topological polar surface area (TPSA) is 128 Å². The first-order valence-corrected chi connectivity index (χ1v) is 12.0. The number of hydrogen-bond acceptors (Lipinski definition) is 9. The number of benzene rings is 1. The summed E-state index contributed by atoms with van der Waals surface area (Å²) in [5, 5.41) is 3.48. The molecule has 5 rings (SSSR count). The van der Waals surface area contributed by atoms with E-state index >= 15 is 0 Å². The second-order valence-electron chi connectivity index (χ2n) is 8.91. The molecule has 1 aliphatic heterocycles. The lowest BCUT2D eigenvalue weighted by Crippen LogP contribution is -2.31. The summed E-state index contributed by atoms with van der Waals surface area (Å²) in [6.07, 6.45) is -1.71. The zero-order valence-electron chi connectivity index (χ0n) is 20.7. The maximum absolute atomic E-state index is 14.1. The predicted molar refractivity (Wildman–Crippen MR) is 141 cm³/mol. The quantitative estimate of drug-likeness (QED) is 0.316. The fourth-order valence-electron chi connectivity index (χ4n) is 4.79. The van der Waals surface area contributed by atoms with Gasteiger partial charge < -0.3 is 26.4 Å². The van der Waals surface area contributed by atoms with E-state index in [1.807, 2.05) is 17.9 Å². The van der Waals surface area contributed by atoms with Crippen molar-refractivity contribution in [3.8, 4) is 17.0 Å². The number of nitrogens with one attached hydrogen (secondary N) is 1. The van der Waals surface area contributed by atoms with E-state index in [9.17, 15) is 13.2 Å². The van der Waals surface area contributed by atoms with Crippen LogP contribution in [-0.4, -0.2) is 40.1 Å². The Balaban J connectivity index is 1.72. The van der Waals surface area contributed by atoms with E-state index in [-0.39, 0.29) is 46.1 Å². The van der Waals surface area contributed by atoms with E-state index in [4.69, 9.17) is 27.8 Å². The molecule has 13 heteroatoms. The van der Waals surface area contributed by atoms with Crippen molar-refractivity contribution >= 4 is 45.6 Å². The van der Waals surface area contributed by atoms with E-state index in [0.29, 0.717) is 29.1 Å². The minimum Gasteiger partial charge on any atom is -0.489 e. The van der Waals surface area contributed by atoms with Crippen LogP contribution in [0.25, 0.3) is 22.2 Å². The van der Waals surface area contributed by atoms with Crippen molar-refractivity contribution < 1.29 is 17.9 Å². The molecule has 4 aromatic rings. The largest absolute Gasteiger partial charge is 0.489 e. The highest BCUT2D eigenvalue weighted by atomic mass is 35.5. The molecule has 1 aromatic carbocycles. The summed E-state index contributed by atoms with van der Waals surface area (Å²) < 4.78 is 48.3. The fourth-order valence-corrected chi connectivity index (χ4v) is 5.08. The van der Waals surface area contributed by atoms with Crippen molar-refractivity contribution in [1.82, 2.24) is 19.9 Å². The SMILES string of the molecule is CNc1cnc(N)c([C@@H](C)N2CCOc3c(Cl)c(-c4nc(N)cc(C)c4C(F)(F)F)cc4ncnc2c34)c1. The Morgan fingerprint density at radius 1 is 1.16 bits per heavy atom. The van der Waals surface area contributed by atoms with Crippen LogP contribution in [0.3, 0.4) is 0 Å². The van der Waals surface area contributed by atoms with Crippen LogP contribution in [0.1, 0.15) is 29.7 Å². The lowest BCUT2D eigenvalue weighted by atomic mass is 9.99. The first-order valence-electron chi connectivity index (χ1n) is 11.7.